The van der Waals surface area contributed by atoms with E-state index in [-0.39, 0.29) is 6.04 Å². The number of hydrogen-bond acceptors (Lipinski definition) is 2. The molecular formula is C9H18N2. The van der Waals surface area contributed by atoms with Crippen molar-refractivity contribution in [3.63, 3.8) is 0 Å². The molecule has 0 fully saturated rings. The zero-order valence-corrected chi connectivity index (χ0v) is 7.34. The Hall–Kier alpha value is -0.550. The molecule has 0 aliphatic carbocycles. The van der Waals surface area contributed by atoms with E-state index in [1.165, 1.54) is 25.7 Å². The van der Waals surface area contributed by atoms with E-state index < -0.39 is 0 Å². The van der Waals surface area contributed by atoms with Crippen LogP contribution in [0, 0.1) is 11.3 Å². The second-order valence-corrected chi connectivity index (χ2v) is 2.94. The van der Waals surface area contributed by atoms with Gasteiger partial charge in [0.05, 0.1) is 12.1 Å². The molecule has 0 spiro atoms. The van der Waals surface area contributed by atoms with Gasteiger partial charge in [-0.1, -0.05) is 39.0 Å². The zero-order valence-electron chi connectivity index (χ0n) is 7.34. The van der Waals surface area contributed by atoms with Gasteiger partial charge in [0.1, 0.15) is 0 Å². The summed E-state index contributed by atoms with van der Waals surface area (Å²) in [6.45, 7) is 2.20. The van der Waals surface area contributed by atoms with Crippen LogP contribution in [-0.2, 0) is 0 Å². The van der Waals surface area contributed by atoms with Gasteiger partial charge in [-0.3, -0.25) is 0 Å². The van der Waals surface area contributed by atoms with E-state index in [1.807, 2.05) is 6.07 Å². The van der Waals surface area contributed by atoms with E-state index >= 15 is 0 Å². The summed E-state index contributed by atoms with van der Waals surface area (Å²) < 4.78 is 0. The Bertz CT molecular complexity index is 115. The van der Waals surface area contributed by atoms with Crippen LogP contribution in [0.2, 0.25) is 0 Å². The highest BCUT2D eigenvalue weighted by Gasteiger charge is 1.97. The fraction of sp³-hybridized carbons (Fsp3) is 0.889. The average Bonchev–Trinajstić information content (AvgIpc) is 2.04. The molecule has 0 rings (SSSR count). The van der Waals surface area contributed by atoms with Crippen molar-refractivity contribution in [3.8, 4) is 6.07 Å². The predicted octanol–water partition coefficient (Wildman–Crippen LogP) is 2.20. The van der Waals surface area contributed by atoms with Gasteiger partial charge in [0, 0.05) is 0 Å². The maximum absolute atomic E-state index is 8.36. The quantitative estimate of drug-likeness (QED) is 0.596. The lowest BCUT2D eigenvalue weighted by Crippen LogP contribution is -2.16. The van der Waals surface area contributed by atoms with Crippen molar-refractivity contribution in [3.05, 3.63) is 0 Å². The average molecular weight is 154 g/mol. The monoisotopic (exact) mass is 154 g/mol. The van der Waals surface area contributed by atoms with Gasteiger partial charge in [-0.15, -0.1) is 0 Å². The highest BCUT2D eigenvalue weighted by molar-refractivity contribution is 4.85. The smallest absolute Gasteiger partial charge is 0.0928 e. The fourth-order valence-corrected chi connectivity index (χ4v) is 1.03. The first-order valence-corrected chi connectivity index (χ1v) is 4.46. The summed E-state index contributed by atoms with van der Waals surface area (Å²) in [5.74, 6) is 0. The normalized spacial score (nSPS) is 12.5. The molecule has 0 bridgehead atoms. The van der Waals surface area contributed by atoms with Crippen molar-refractivity contribution in [2.75, 3.05) is 0 Å². The summed E-state index contributed by atoms with van der Waals surface area (Å²) in [6.07, 6.45) is 7.05. The predicted molar refractivity (Wildman–Crippen MR) is 47.0 cm³/mol. The fourth-order valence-electron chi connectivity index (χ4n) is 1.03. The first kappa shape index (κ1) is 10.4. The lowest BCUT2D eigenvalue weighted by atomic mass is 10.1. The Morgan fingerprint density at radius 2 is 1.91 bits per heavy atom. The Morgan fingerprint density at radius 3 is 2.45 bits per heavy atom. The number of nitrogens with zero attached hydrogens (tertiary/aromatic N) is 1. The third-order valence-electron chi connectivity index (χ3n) is 1.78. The molecule has 0 aromatic heterocycles. The van der Waals surface area contributed by atoms with Crippen LogP contribution < -0.4 is 5.73 Å². The van der Waals surface area contributed by atoms with E-state index in [9.17, 15) is 0 Å². The lowest BCUT2D eigenvalue weighted by molar-refractivity contribution is 0.587. The molecule has 2 N–H and O–H groups in total. The first-order chi connectivity index (χ1) is 5.31. The van der Waals surface area contributed by atoms with Crippen LogP contribution >= 0.6 is 0 Å². The van der Waals surface area contributed by atoms with Crippen molar-refractivity contribution in [2.24, 2.45) is 5.73 Å². The lowest BCUT2D eigenvalue weighted by Gasteiger charge is -2.01. The van der Waals surface area contributed by atoms with Crippen molar-refractivity contribution in [1.29, 1.82) is 5.26 Å². The van der Waals surface area contributed by atoms with E-state index in [4.69, 9.17) is 11.0 Å². The molecule has 11 heavy (non-hydrogen) atoms. The summed E-state index contributed by atoms with van der Waals surface area (Å²) in [5, 5.41) is 8.36. The van der Waals surface area contributed by atoms with Gasteiger partial charge in [0.15, 0.2) is 0 Å². The second kappa shape index (κ2) is 7.56. The molecule has 0 saturated heterocycles. The van der Waals surface area contributed by atoms with E-state index in [0.717, 1.165) is 12.8 Å². The standard InChI is InChI=1S/C9H18N2/c1-2-3-4-5-6-7-9(11)8-10/h9H,2-7,11H2,1H3. The number of hydrogen-bond donors (Lipinski definition) is 1. The number of rotatable bonds is 6. The highest BCUT2D eigenvalue weighted by atomic mass is 14.6. The number of nitriles is 1. The van der Waals surface area contributed by atoms with Gasteiger partial charge in [0.25, 0.3) is 0 Å². The minimum Gasteiger partial charge on any atom is -0.316 e. The van der Waals surface area contributed by atoms with Crippen molar-refractivity contribution >= 4 is 0 Å². The molecule has 0 radical (unpaired) electrons. The van der Waals surface area contributed by atoms with Crippen LogP contribution in [0.4, 0.5) is 0 Å². The van der Waals surface area contributed by atoms with Gasteiger partial charge < -0.3 is 5.73 Å². The maximum atomic E-state index is 8.36. The van der Waals surface area contributed by atoms with E-state index in [2.05, 4.69) is 6.92 Å². The Morgan fingerprint density at radius 1 is 1.27 bits per heavy atom. The molecule has 0 aliphatic heterocycles. The molecule has 0 aromatic rings. The Balaban J connectivity index is 2.97. The van der Waals surface area contributed by atoms with Crippen LogP contribution in [0.5, 0.6) is 0 Å². The van der Waals surface area contributed by atoms with Crippen LogP contribution in [0.3, 0.4) is 0 Å². The van der Waals surface area contributed by atoms with Crippen LogP contribution in [0.15, 0.2) is 0 Å². The maximum Gasteiger partial charge on any atom is 0.0928 e. The molecule has 2 nitrogen and oxygen atoms in total. The molecule has 0 aromatic carbocycles. The third kappa shape index (κ3) is 7.35. The summed E-state index contributed by atoms with van der Waals surface area (Å²) >= 11 is 0. The van der Waals surface area contributed by atoms with E-state index in [0.29, 0.717) is 0 Å². The zero-order chi connectivity index (χ0) is 8.53. The van der Waals surface area contributed by atoms with Crippen molar-refractivity contribution < 1.29 is 0 Å². The molecule has 1 atom stereocenters. The Labute approximate surface area is 69.4 Å². The largest absolute Gasteiger partial charge is 0.316 e. The van der Waals surface area contributed by atoms with Crippen LogP contribution in [-0.4, -0.2) is 6.04 Å². The molecule has 2 heteroatoms. The van der Waals surface area contributed by atoms with Gasteiger partial charge in [-0.2, -0.15) is 5.26 Å². The SMILES string of the molecule is CCCCCCCC(N)C#N. The van der Waals surface area contributed by atoms with Gasteiger partial charge in [0.2, 0.25) is 0 Å². The highest BCUT2D eigenvalue weighted by Crippen LogP contribution is 2.05. The molecule has 0 amide bonds. The van der Waals surface area contributed by atoms with Crippen LogP contribution in [0.1, 0.15) is 45.4 Å². The summed E-state index contributed by atoms with van der Waals surface area (Å²) in [7, 11) is 0. The molecular weight excluding hydrogens is 136 g/mol. The second-order valence-electron chi connectivity index (χ2n) is 2.94. The summed E-state index contributed by atoms with van der Waals surface area (Å²) in [6, 6.07) is 1.79. The van der Waals surface area contributed by atoms with Crippen LogP contribution in [0.25, 0.3) is 0 Å². The molecule has 0 saturated carbocycles. The topological polar surface area (TPSA) is 49.8 Å². The van der Waals surface area contributed by atoms with Gasteiger partial charge >= 0.3 is 0 Å². The molecule has 1 unspecified atom stereocenters. The molecule has 64 valence electrons. The molecule has 0 heterocycles. The van der Waals surface area contributed by atoms with Crippen molar-refractivity contribution in [2.45, 2.75) is 51.5 Å². The molecule has 0 aliphatic rings. The minimum absolute atomic E-state index is 0.239. The Kier molecular flexibility index (Phi) is 7.18. The van der Waals surface area contributed by atoms with Crippen molar-refractivity contribution in [1.82, 2.24) is 0 Å². The van der Waals surface area contributed by atoms with E-state index in [1.54, 1.807) is 0 Å². The summed E-state index contributed by atoms with van der Waals surface area (Å²) in [4.78, 5) is 0. The summed E-state index contributed by atoms with van der Waals surface area (Å²) in [5.41, 5.74) is 5.43. The minimum atomic E-state index is -0.239. The van der Waals surface area contributed by atoms with Gasteiger partial charge in [-0.05, 0) is 6.42 Å². The third-order valence-corrected chi connectivity index (χ3v) is 1.78. The number of nitrogens with two attached hydrogens (primary N) is 1. The van der Waals surface area contributed by atoms with Gasteiger partial charge in [-0.25, -0.2) is 0 Å². The number of unbranched alkanes of at least 4 members (excludes halogenated alkanes) is 4. The first-order valence-electron chi connectivity index (χ1n) is 4.46.